The molecule has 6 rings (SSSR count). The van der Waals surface area contributed by atoms with Crippen molar-refractivity contribution in [2.45, 2.75) is 86.8 Å². The van der Waals surface area contributed by atoms with Crippen molar-refractivity contribution in [1.29, 1.82) is 5.41 Å². The molecule has 8 heteroatoms. The van der Waals surface area contributed by atoms with E-state index in [1.54, 1.807) is 24.3 Å². The summed E-state index contributed by atoms with van der Waals surface area (Å²) in [5.41, 5.74) is 7.08. The topological polar surface area (TPSA) is 99.9 Å². The lowest BCUT2D eigenvalue weighted by Crippen LogP contribution is -2.28. The quantitative estimate of drug-likeness (QED) is 0.0740. The summed E-state index contributed by atoms with van der Waals surface area (Å²) in [5, 5.41) is 18.2. The van der Waals surface area contributed by atoms with Gasteiger partial charge in [0.05, 0.1) is 24.8 Å². The highest BCUT2D eigenvalue weighted by Gasteiger charge is 2.39. The van der Waals surface area contributed by atoms with Gasteiger partial charge in [-0.1, -0.05) is 153 Å². The number of Topliss-reactive ketones (excluding diaryl/α,β-unsaturated/α-hetero) is 1. The van der Waals surface area contributed by atoms with Gasteiger partial charge < -0.3 is 19.8 Å². The van der Waals surface area contributed by atoms with Crippen LogP contribution in [-0.2, 0) is 20.7 Å². The first kappa shape index (κ1) is 43.8. The number of ketones is 1. The summed E-state index contributed by atoms with van der Waals surface area (Å²) in [4.78, 5) is 27.0. The number of nitrogens with one attached hydrogen (secondary N) is 1. The lowest BCUT2D eigenvalue weighted by atomic mass is 9.78. The summed E-state index contributed by atoms with van der Waals surface area (Å²) in [6.07, 6.45) is -0.312. The minimum atomic E-state index is -0.995. The van der Waals surface area contributed by atoms with E-state index >= 15 is 0 Å². The van der Waals surface area contributed by atoms with Crippen LogP contribution < -0.4 is 5.46 Å². The first-order chi connectivity index (χ1) is 23.5. The van der Waals surface area contributed by atoms with Crippen LogP contribution in [0.3, 0.4) is 0 Å². The van der Waals surface area contributed by atoms with Crippen molar-refractivity contribution in [3.63, 3.8) is 0 Å². The molecule has 1 fully saturated rings. The van der Waals surface area contributed by atoms with Crippen LogP contribution in [-0.4, -0.2) is 54.7 Å². The van der Waals surface area contributed by atoms with Gasteiger partial charge in [0.25, 0.3) is 0 Å². The molecule has 0 spiro atoms. The third kappa shape index (κ3) is 10.6. The Hall–Kier alpha value is -4.37. The van der Waals surface area contributed by atoms with Crippen LogP contribution in [0.1, 0.15) is 118 Å². The standard InChI is InChI=1S/C22H27NO2.C19H20BNO3.3CH4/c1-16(2)18-9-11-19(12-10-18)20-14-23(15-21(20)22(24)25-3)13-17-7-5-4-6-8-17;1-12(2)14-8-9-16-15(10-14)18(24-20(16)23)11-17(21)19(22)13-6-4-3-5-7-13;;;/h4-12,16,20-21H,13-15H2,1-3H3;3-10,12,18,21,23H,11H2,1-2H3;3*1H4/t20?,21-;;;;/m0..../s1. The molecule has 2 aliphatic rings. The Labute approximate surface area is 313 Å². The minimum Gasteiger partial charge on any atom is -0.469 e. The molecule has 0 saturated carbocycles. The van der Waals surface area contributed by atoms with Crippen molar-refractivity contribution >= 4 is 30.0 Å². The Balaban J connectivity index is 0.000000341. The number of benzene rings is 4. The number of nitrogens with zero attached hydrogens (tertiary/aromatic N) is 1. The average Bonchev–Trinajstić information content (AvgIpc) is 3.68. The van der Waals surface area contributed by atoms with Gasteiger partial charge in [-0.05, 0) is 45.1 Å². The number of likely N-dealkylation sites (tertiary alicyclic amines) is 1. The molecule has 1 saturated heterocycles. The highest BCUT2D eigenvalue weighted by molar-refractivity contribution is 6.61. The van der Waals surface area contributed by atoms with Gasteiger partial charge in [0.15, 0.2) is 0 Å². The van der Waals surface area contributed by atoms with Crippen molar-refractivity contribution in [3.05, 3.63) is 137 Å². The van der Waals surface area contributed by atoms with Gasteiger partial charge in [-0.2, -0.15) is 0 Å². The van der Waals surface area contributed by atoms with E-state index in [0.29, 0.717) is 17.4 Å². The highest BCUT2D eigenvalue weighted by Crippen LogP contribution is 2.35. The number of methoxy groups -OCH3 is 1. The van der Waals surface area contributed by atoms with E-state index < -0.39 is 13.2 Å². The molecule has 0 bridgehead atoms. The first-order valence-corrected chi connectivity index (χ1v) is 17.1. The molecule has 278 valence electrons. The molecule has 4 aromatic rings. The second kappa shape index (κ2) is 20.0. The molecular formula is C44H59BN2O5. The number of fused-ring (bicyclic) bond motifs is 1. The van der Waals surface area contributed by atoms with Crippen molar-refractivity contribution in [1.82, 2.24) is 4.90 Å². The minimum absolute atomic E-state index is 0. The third-order valence-electron chi connectivity index (χ3n) is 9.56. The molecule has 2 aliphatic heterocycles. The van der Waals surface area contributed by atoms with Gasteiger partial charge in [0.2, 0.25) is 5.78 Å². The van der Waals surface area contributed by atoms with Gasteiger partial charge in [0.1, 0.15) is 0 Å². The van der Waals surface area contributed by atoms with Gasteiger partial charge >= 0.3 is 13.1 Å². The van der Waals surface area contributed by atoms with Crippen LogP contribution in [0.25, 0.3) is 0 Å². The van der Waals surface area contributed by atoms with E-state index in [1.807, 2.05) is 30.3 Å². The van der Waals surface area contributed by atoms with E-state index in [9.17, 15) is 14.6 Å². The van der Waals surface area contributed by atoms with Crippen molar-refractivity contribution in [2.75, 3.05) is 20.2 Å². The lowest BCUT2D eigenvalue weighted by molar-refractivity contribution is -0.145. The normalized spacial score (nSPS) is 17.5. The van der Waals surface area contributed by atoms with Crippen molar-refractivity contribution < 1.29 is 24.0 Å². The van der Waals surface area contributed by atoms with Crippen molar-refractivity contribution in [2.24, 2.45) is 5.92 Å². The summed E-state index contributed by atoms with van der Waals surface area (Å²) in [6, 6.07) is 33.8. The van der Waals surface area contributed by atoms with Crippen LogP contribution in [0.2, 0.25) is 0 Å². The fraction of sp³-hybridized carbons (Fsp3) is 0.386. The molecule has 0 aromatic heterocycles. The number of esters is 1. The van der Waals surface area contributed by atoms with E-state index in [1.165, 1.54) is 23.8 Å². The zero-order valence-electron chi connectivity index (χ0n) is 29.1. The highest BCUT2D eigenvalue weighted by atomic mass is 16.5. The summed E-state index contributed by atoms with van der Waals surface area (Å²) >= 11 is 0. The molecule has 52 heavy (non-hydrogen) atoms. The Bertz CT molecular complexity index is 1730. The second-order valence-electron chi connectivity index (χ2n) is 13.6. The maximum atomic E-state index is 12.4. The summed E-state index contributed by atoms with van der Waals surface area (Å²) in [7, 11) is 0.493. The fourth-order valence-electron chi connectivity index (χ4n) is 6.67. The van der Waals surface area contributed by atoms with Crippen LogP contribution in [0.5, 0.6) is 0 Å². The number of hydrogen-bond donors (Lipinski definition) is 2. The van der Waals surface area contributed by atoms with Crippen LogP contribution >= 0.6 is 0 Å². The van der Waals surface area contributed by atoms with Crippen molar-refractivity contribution in [3.8, 4) is 0 Å². The summed E-state index contributed by atoms with van der Waals surface area (Å²) in [5.74, 6) is 0.564. The van der Waals surface area contributed by atoms with E-state index in [2.05, 4.69) is 81.1 Å². The molecule has 2 N–H and O–H groups in total. The Kier molecular flexibility index (Phi) is 16.9. The lowest BCUT2D eigenvalue weighted by Gasteiger charge is -2.18. The number of hydrogen-bond acceptors (Lipinski definition) is 7. The third-order valence-corrected chi connectivity index (χ3v) is 9.56. The van der Waals surface area contributed by atoms with Crippen LogP contribution in [0.15, 0.2) is 103 Å². The largest absolute Gasteiger partial charge is 0.491 e. The van der Waals surface area contributed by atoms with Gasteiger partial charge in [-0.15, -0.1) is 0 Å². The maximum Gasteiger partial charge on any atom is 0.491 e. The zero-order chi connectivity index (χ0) is 35.1. The molecule has 2 heterocycles. The molecule has 3 atom stereocenters. The van der Waals surface area contributed by atoms with Crippen LogP contribution in [0, 0.1) is 11.3 Å². The predicted octanol–water partition coefficient (Wildman–Crippen LogP) is 8.97. The molecule has 0 aliphatic carbocycles. The Morgan fingerprint density at radius 3 is 2.00 bits per heavy atom. The second-order valence-corrected chi connectivity index (χ2v) is 13.6. The van der Waals surface area contributed by atoms with E-state index in [4.69, 9.17) is 14.8 Å². The monoisotopic (exact) mass is 706 g/mol. The number of ether oxygens (including phenoxy) is 1. The number of rotatable bonds is 10. The fourth-order valence-corrected chi connectivity index (χ4v) is 6.67. The maximum absolute atomic E-state index is 12.4. The molecule has 0 radical (unpaired) electrons. The SMILES string of the molecule is C.C.C.CC(C)c1ccc2c(c1)C(CC(=N)C(=O)c1ccccc1)OB2O.COC(=O)[C@H]1CN(Cc2ccccc2)CC1c1ccc(C(C)C)cc1. The van der Waals surface area contributed by atoms with Crippen LogP contribution in [0.4, 0.5) is 0 Å². The summed E-state index contributed by atoms with van der Waals surface area (Å²) < 4.78 is 10.7. The van der Waals surface area contributed by atoms with E-state index in [-0.39, 0.29) is 58.0 Å². The molecule has 0 amide bonds. The molecule has 7 nitrogen and oxygen atoms in total. The Morgan fingerprint density at radius 2 is 1.42 bits per heavy atom. The van der Waals surface area contributed by atoms with Gasteiger partial charge in [-0.25, -0.2) is 0 Å². The number of carbonyl (C=O) groups excluding carboxylic acids is 2. The average molecular weight is 707 g/mol. The smallest absolute Gasteiger partial charge is 0.469 e. The number of carbonyl (C=O) groups is 2. The first-order valence-electron chi connectivity index (χ1n) is 17.1. The zero-order valence-corrected chi connectivity index (χ0v) is 29.1. The Morgan fingerprint density at radius 1 is 0.846 bits per heavy atom. The van der Waals surface area contributed by atoms with Gasteiger partial charge in [0, 0.05) is 37.5 Å². The molecule has 2 unspecified atom stereocenters. The summed E-state index contributed by atoms with van der Waals surface area (Å²) in [6.45, 7) is 11.1. The van der Waals surface area contributed by atoms with E-state index in [0.717, 1.165) is 36.2 Å². The molecular weight excluding hydrogens is 647 g/mol. The predicted molar refractivity (Wildman–Crippen MR) is 216 cm³/mol. The van der Waals surface area contributed by atoms with Gasteiger partial charge in [-0.3, -0.25) is 14.5 Å². The molecule has 4 aromatic carbocycles.